The Bertz CT molecular complexity index is 916. The molecule has 0 radical (unpaired) electrons. The number of nitrogens with one attached hydrogen (secondary N) is 1. The molecule has 2 rings (SSSR count). The van der Waals surface area contributed by atoms with E-state index in [1.165, 1.54) is 25.1 Å². The molecular formula is C20H21FN2O6. The third-order valence-electron chi connectivity index (χ3n) is 3.72. The second-order valence-electron chi connectivity index (χ2n) is 6.69. The molecule has 29 heavy (non-hydrogen) atoms. The number of nitro benzene ring substituents is 1. The van der Waals surface area contributed by atoms with Crippen LogP contribution in [0, 0.1) is 21.8 Å². The Morgan fingerprint density at radius 3 is 2.55 bits per heavy atom. The summed E-state index contributed by atoms with van der Waals surface area (Å²) in [6, 6.07) is 9.30. The molecule has 2 aromatic carbocycles. The predicted octanol–water partition coefficient (Wildman–Crippen LogP) is 3.95. The van der Waals surface area contributed by atoms with Gasteiger partial charge in [0.1, 0.15) is 5.75 Å². The normalized spacial score (nSPS) is 11.6. The maximum atomic E-state index is 13.4. The molecule has 0 aliphatic heterocycles. The highest BCUT2D eigenvalue weighted by Crippen LogP contribution is 2.22. The Labute approximate surface area is 166 Å². The minimum Gasteiger partial charge on any atom is -0.493 e. The number of esters is 1. The summed E-state index contributed by atoms with van der Waals surface area (Å²) in [6.45, 7) is 5.83. The molecule has 2 aromatic rings. The van der Waals surface area contributed by atoms with Crippen molar-refractivity contribution < 1.29 is 28.4 Å². The zero-order chi connectivity index (χ0) is 21.6. The predicted molar refractivity (Wildman–Crippen MR) is 103 cm³/mol. The number of nitro groups is 1. The smallest absolute Gasteiger partial charge is 0.339 e. The van der Waals surface area contributed by atoms with Crippen LogP contribution < -0.4 is 10.1 Å². The van der Waals surface area contributed by atoms with E-state index < -0.39 is 34.4 Å². The van der Waals surface area contributed by atoms with E-state index in [4.69, 9.17) is 9.47 Å². The Morgan fingerprint density at radius 2 is 1.90 bits per heavy atom. The zero-order valence-electron chi connectivity index (χ0n) is 16.2. The fourth-order valence-corrected chi connectivity index (χ4v) is 2.23. The summed E-state index contributed by atoms with van der Waals surface area (Å²) < 4.78 is 24.1. The molecule has 9 heteroatoms. The van der Waals surface area contributed by atoms with Gasteiger partial charge in [0.05, 0.1) is 17.1 Å². The summed E-state index contributed by atoms with van der Waals surface area (Å²) in [5.41, 5.74) is -0.552. The number of rotatable bonds is 8. The van der Waals surface area contributed by atoms with Gasteiger partial charge in [-0.15, -0.1) is 0 Å². The number of hydrogen-bond acceptors (Lipinski definition) is 6. The molecule has 0 aromatic heterocycles. The van der Waals surface area contributed by atoms with Crippen molar-refractivity contribution in [3.8, 4) is 5.75 Å². The van der Waals surface area contributed by atoms with Gasteiger partial charge in [-0.1, -0.05) is 19.9 Å². The van der Waals surface area contributed by atoms with E-state index in [0.29, 0.717) is 18.3 Å². The Kier molecular flexibility index (Phi) is 7.24. The van der Waals surface area contributed by atoms with Crippen molar-refractivity contribution in [1.82, 2.24) is 0 Å². The number of hydrogen-bond donors (Lipinski definition) is 1. The van der Waals surface area contributed by atoms with Crippen LogP contribution in [0.3, 0.4) is 0 Å². The Hall–Kier alpha value is -3.49. The molecule has 0 aliphatic rings. The summed E-state index contributed by atoms with van der Waals surface area (Å²) in [4.78, 5) is 34.4. The fraction of sp³-hybridized carbons (Fsp3) is 0.300. The number of benzene rings is 2. The van der Waals surface area contributed by atoms with Crippen LogP contribution in [0.15, 0.2) is 42.5 Å². The molecule has 0 fully saturated rings. The number of amides is 1. The van der Waals surface area contributed by atoms with E-state index in [9.17, 15) is 24.1 Å². The molecule has 0 saturated heterocycles. The maximum Gasteiger partial charge on any atom is 0.339 e. The summed E-state index contributed by atoms with van der Waals surface area (Å²) >= 11 is 0. The number of ether oxygens (including phenoxy) is 2. The highest BCUT2D eigenvalue weighted by atomic mass is 19.1. The summed E-state index contributed by atoms with van der Waals surface area (Å²) in [5.74, 6) is -1.65. The first-order valence-electron chi connectivity index (χ1n) is 8.86. The number of halogens is 1. The third-order valence-corrected chi connectivity index (χ3v) is 3.72. The number of nitrogens with zero attached hydrogens (tertiary/aromatic N) is 1. The highest BCUT2D eigenvalue weighted by molar-refractivity contribution is 5.97. The molecule has 0 saturated carbocycles. The van der Waals surface area contributed by atoms with Crippen LogP contribution in [0.2, 0.25) is 0 Å². The van der Waals surface area contributed by atoms with Gasteiger partial charge in [0.25, 0.3) is 5.91 Å². The summed E-state index contributed by atoms with van der Waals surface area (Å²) in [6.07, 6.45) is -1.19. The van der Waals surface area contributed by atoms with E-state index in [0.717, 1.165) is 12.1 Å². The minimum atomic E-state index is -1.19. The van der Waals surface area contributed by atoms with Crippen molar-refractivity contribution in [3.05, 3.63) is 64.0 Å². The van der Waals surface area contributed by atoms with Crippen LogP contribution in [0.4, 0.5) is 15.8 Å². The van der Waals surface area contributed by atoms with Crippen molar-refractivity contribution in [2.24, 2.45) is 5.92 Å². The van der Waals surface area contributed by atoms with Crippen molar-refractivity contribution >= 4 is 23.3 Å². The molecule has 1 N–H and O–H groups in total. The Morgan fingerprint density at radius 1 is 1.17 bits per heavy atom. The molecule has 0 heterocycles. The monoisotopic (exact) mass is 404 g/mol. The van der Waals surface area contributed by atoms with Crippen molar-refractivity contribution in [3.63, 3.8) is 0 Å². The first-order valence-corrected chi connectivity index (χ1v) is 8.86. The topological polar surface area (TPSA) is 108 Å². The van der Waals surface area contributed by atoms with E-state index in [2.05, 4.69) is 5.32 Å². The molecule has 8 nitrogen and oxygen atoms in total. The molecule has 1 unspecified atom stereocenters. The standard InChI is InChI=1S/C20H21FN2O6/c1-12(2)11-28-16-6-4-5-14(9-16)20(25)29-13(3)19(24)22-15-7-8-17(21)18(10-15)23(26)27/h4-10,12-13H,11H2,1-3H3,(H,22,24). The first-order chi connectivity index (χ1) is 13.7. The summed E-state index contributed by atoms with van der Waals surface area (Å²) in [7, 11) is 0. The van der Waals surface area contributed by atoms with Gasteiger partial charge in [-0.2, -0.15) is 4.39 Å². The van der Waals surface area contributed by atoms with E-state index in [1.807, 2.05) is 13.8 Å². The molecule has 0 spiro atoms. The average molecular weight is 404 g/mol. The SMILES string of the molecule is CC(C)COc1cccc(C(=O)OC(C)C(=O)Nc2ccc(F)c([N+](=O)[O-])c2)c1. The van der Waals surface area contributed by atoms with Gasteiger partial charge >= 0.3 is 11.7 Å². The lowest BCUT2D eigenvalue weighted by molar-refractivity contribution is -0.387. The van der Waals surface area contributed by atoms with Gasteiger partial charge in [0.2, 0.25) is 5.82 Å². The lowest BCUT2D eigenvalue weighted by Gasteiger charge is -2.14. The van der Waals surface area contributed by atoms with Crippen LogP contribution in [-0.4, -0.2) is 29.5 Å². The van der Waals surface area contributed by atoms with Crippen LogP contribution in [0.5, 0.6) is 5.75 Å². The second-order valence-corrected chi connectivity index (χ2v) is 6.69. The first kappa shape index (κ1) is 21.8. The van der Waals surface area contributed by atoms with Crippen LogP contribution in [0.25, 0.3) is 0 Å². The van der Waals surface area contributed by atoms with Gasteiger partial charge in [-0.25, -0.2) is 4.79 Å². The quantitative estimate of drug-likeness (QED) is 0.405. The van der Waals surface area contributed by atoms with Gasteiger partial charge in [0.15, 0.2) is 6.10 Å². The Balaban J connectivity index is 2.00. The minimum absolute atomic E-state index is 0.00933. The lowest BCUT2D eigenvalue weighted by atomic mass is 10.2. The second kappa shape index (κ2) is 9.63. The number of anilines is 1. The van der Waals surface area contributed by atoms with Gasteiger partial charge in [-0.05, 0) is 43.2 Å². The molecule has 0 aliphatic carbocycles. The van der Waals surface area contributed by atoms with E-state index >= 15 is 0 Å². The van der Waals surface area contributed by atoms with Crippen LogP contribution >= 0.6 is 0 Å². The van der Waals surface area contributed by atoms with E-state index in [-0.39, 0.29) is 11.3 Å². The number of carbonyl (C=O) groups excluding carboxylic acids is 2. The van der Waals surface area contributed by atoms with Crippen LogP contribution in [-0.2, 0) is 9.53 Å². The molecule has 1 amide bonds. The van der Waals surface area contributed by atoms with Gasteiger partial charge in [0, 0.05) is 11.8 Å². The molecule has 1 atom stereocenters. The van der Waals surface area contributed by atoms with Crippen molar-refractivity contribution in [2.75, 3.05) is 11.9 Å². The van der Waals surface area contributed by atoms with E-state index in [1.54, 1.807) is 12.1 Å². The molecule has 0 bridgehead atoms. The van der Waals surface area contributed by atoms with Crippen molar-refractivity contribution in [2.45, 2.75) is 26.9 Å². The third kappa shape index (κ3) is 6.27. The zero-order valence-corrected chi connectivity index (χ0v) is 16.2. The number of carbonyl (C=O) groups is 2. The van der Waals surface area contributed by atoms with Gasteiger partial charge in [-0.3, -0.25) is 14.9 Å². The average Bonchev–Trinajstić information content (AvgIpc) is 2.67. The molecular weight excluding hydrogens is 383 g/mol. The maximum absolute atomic E-state index is 13.4. The lowest BCUT2D eigenvalue weighted by Crippen LogP contribution is -2.30. The highest BCUT2D eigenvalue weighted by Gasteiger charge is 2.21. The van der Waals surface area contributed by atoms with Crippen LogP contribution in [0.1, 0.15) is 31.1 Å². The largest absolute Gasteiger partial charge is 0.493 e. The summed E-state index contributed by atoms with van der Waals surface area (Å²) in [5, 5.41) is 13.1. The van der Waals surface area contributed by atoms with Gasteiger partial charge < -0.3 is 14.8 Å². The van der Waals surface area contributed by atoms with Crippen molar-refractivity contribution in [1.29, 1.82) is 0 Å². The fourth-order valence-electron chi connectivity index (χ4n) is 2.23. The molecule has 154 valence electrons.